The van der Waals surface area contributed by atoms with Crippen molar-refractivity contribution in [1.29, 1.82) is 0 Å². The molecule has 0 aliphatic carbocycles. The zero-order valence-electron chi connectivity index (χ0n) is 13.2. The first-order valence-electron chi connectivity index (χ1n) is 8.20. The van der Waals surface area contributed by atoms with Crippen molar-refractivity contribution in [3.8, 4) is 0 Å². The van der Waals surface area contributed by atoms with E-state index in [0.717, 1.165) is 12.8 Å². The number of unbranched alkanes of at least 4 members (excludes halogenated alkanes) is 4. The molecule has 2 aliphatic heterocycles. The molecule has 0 bridgehead atoms. The summed E-state index contributed by atoms with van der Waals surface area (Å²) in [6.07, 6.45) is 5.59. The van der Waals surface area contributed by atoms with Crippen LogP contribution in [-0.2, 0) is 20.1 Å². The summed E-state index contributed by atoms with van der Waals surface area (Å²) in [6.45, 7) is 3.53. The number of ether oxygens (including phenoxy) is 2. The Kier molecular flexibility index (Phi) is 5.16. The lowest BCUT2D eigenvalue weighted by atomic mass is 10.1. The van der Waals surface area contributed by atoms with Crippen LogP contribution in [0, 0.1) is 0 Å². The number of amides is 1. The average Bonchev–Trinajstić information content (AvgIpc) is 3.11. The monoisotopic (exact) mass is 357 g/mol. The Bertz CT molecular complexity index is 600. The number of benzene rings is 1. The van der Waals surface area contributed by atoms with E-state index >= 15 is 0 Å². The first-order valence-corrected chi connectivity index (χ1v) is 8.95. The van der Waals surface area contributed by atoms with E-state index in [1.165, 1.54) is 19.3 Å². The average molecular weight is 358 g/mol. The zero-order valence-corrected chi connectivity index (χ0v) is 14.8. The van der Waals surface area contributed by atoms with Crippen LogP contribution in [0.15, 0.2) is 12.1 Å². The van der Waals surface area contributed by atoms with Crippen LogP contribution in [0.5, 0.6) is 0 Å². The maximum Gasteiger partial charge on any atom is 0.292 e. The molecule has 6 heteroatoms. The Hall–Kier alpha value is -0.810. The summed E-state index contributed by atoms with van der Waals surface area (Å²) in [5.74, 6) is -1.61. The quantitative estimate of drug-likeness (QED) is 0.703. The minimum absolute atomic E-state index is 0.213. The molecule has 0 aromatic heterocycles. The molecular formula is C17H21Cl2NO3. The first kappa shape index (κ1) is 17.0. The molecule has 1 spiro atoms. The number of carbonyl (C=O) groups excluding carboxylic acids is 1. The number of carbonyl (C=O) groups is 1. The molecule has 0 unspecified atom stereocenters. The van der Waals surface area contributed by atoms with Crippen molar-refractivity contribution < 1.29 is 14.3 Å². The number of hydrogen-bond donors (Lipinski definition) is 0. The summed E-state index contributed by atoms with van der Waals surface area (Å²) in [6, 6.07) is 3.40. The SMILES string of the molecule is CCCCCCCN1C(=O)C2(OCCO2)c2c(Cl)ccc(Cl)c21. The molecule has 1 aromatic rings. The molecule has 0 saturated carbocycles. The van der Waals surface area contributed by atoms with Gasteiger partial charge in [0.25, 0.3) is 11.7 Å². The highest BCUT2D eigenvalue weighted by Crippen LogP contribution is 2.51. The summed E-state index contributed by atoms with van der Waals surface area (Å²) in [5.41, 5.74) is 1.20. The van der Waals surface area contributed by atoms with E-state index in [0.29, 0.717) is 41.1 Å². The second-order valence-electron chi connectivity index (χ2n) is 5.94. The third-order valence-electron chi connectivity index (χ3n) is 4.38. The molecule has 0 N–H and O–H groups in total. The Balaban J connectivity index is 1.88. The zero-order chi connectivity index (χ0) is 16.4. The van der Waals surface area contributed by atoms with Gasteiger partial charge in [0.1, 0.15) is 0 Å². The molecular weight excluding hydrogens is 337 g/mol. The lowest BCUT2D eigenvalue weighted by Crippen LogP contribution is -2.41. The van der Waals surface area contributed by atoms with Crippen LogP contribution in [0.2, 0.25) is 10.0 Å². The van der Waals surface area contributed by atoms with Crippen molar-refractivity contribution in [1.82, 2.24) is 0 Å². The van der Waals surface area contributed by atoms with E-state index < -0.39 is 5.79 Å². The van der Waals surface area contributed by atoms with E-state index in [9.17, 15) is 4.79 Å². The minimum atomic E-state index is -1.40. The summed E-state index contributed by atoms with van der Waals surface area (Å²) < 4.78 is 11.4. The van der Waals surface area contributed by atoms with Gasteiger partial charge in [0, 0.05) is 6.54 Å². The van der Waals surface area contributed by atoms with Crippen molar-refractivity contribution in [2.75, 3.05) is 24.7 Å². The summed E-state index contributed by atoms with van der Waals surface area (Å²) in [5, 5.41) is 0.954. The summed E-state index contributed by atoms with van der Waals surface area (Å²) in [4.78, 5) is 14.7. The van der Waals surface area contributed by atoms with Gasteiger partial charge in [-0.05, 0) is 18.6 Å². The summed E-state index contributed by atoms with van der Waals surface area (Å²) >= 11 is 12.7. The Labute approximate surface area is 146 Å². The second-order valence-corrected chi connectivity index (χ2v) is 6.75. The first-order chi connectivity index (χ1) is 11.1. The number of nitrogens with zero attached hydrogens (tertiary/aromatic N) is 1. The molecule has 2 aliphatic rings. The number of rotatable bonds is 6. The van der Waals surface area contributed by atoms with Crippen LogP contribution >= 0.6 is 23.2 Å². The van der Waals surface area contributed by atoms with E-state index in [1.54, 1.807) is 17.0 Å². The largest absolute Gasteiger partial charge is 0.336 e. The molecule has 23 heavy (non-hydrogen) atoms. The van der Waals surface area contributed by atoms with Gasteiger partial charge >= 0.3 is 0 Å². The maximum absolute atomic E-state index is 13.0. The van der Waals surface area contributed by atoms with Gasteiger partial charge in [-0.2, -0.15) is 0 Å². The van der Waals surface area contributed by atoms with Gasteiger partial charge in [-0.1, -0.05) is 55.8 Å². The molecule has 0 radical (unpaired) electrons. The third-order valence-corrected chi connectivity index (χ3v) is 5.00. The molecule has 2 heterocycles. The van der Waals surface area contributed by atoms with Crippen LogP contribution < -0.4 is 4.90 Å². The van der Waals surface area contributed by atoms with Gasteiger partial charge < -0.3 is 14.4 Å². The highest BCUT2D eigenvalue weighted by Gasteiger charge is 2.57. The fraction of sp³-hybridized carbons (Fsp3) is 0.588. The fourth-order valence-electron chi connectivity index (χ4n) is 3.27. The normalized spacial score (nSPS) is 18.9. The topological polar surface area (TPSA) is 38.8 Å². The van der Waals surface area contributed by atoms with Gasteiger partial charge in [-0.15, -0.1) is 0 Å². The smallest absolute Gasteiger partial charge is 0.292 e. The predicted molar refractivity (Wildman–Crippen MR) is 91.2 cm³/mol. The van der Waals surface area contributed by atoms with Crippen LogP contribution in [0.25, 0.3) is 0 Å². The van der Waals surface area contributed by atoms with Gasteiger partial charge in [-0.3, -0.25) is 4.79 Å². The van der Waals surface area contributed by atoms with Crippen LogP contribution in [-0.4, -0.2) is 25.7 Å². The van der Waals surface area contributed by atoms with Crippen molar-refractivity contribution in [3.63, 3.8) is 0 Å². The van der Waals surface area contributed by atoms with Crippen LogP contribution in [0.1, 0.15) is 44.6 Å². The minimum Gasteiger partial charge on any atom is -0.336 e. The molecule has 3 rings (SSSR count). The van der Waals surface area contributed by atoms with Crippen LogP contribution in [0.4, 0.5) is 5.69 Å². The van der Waals surface area contributed by atoms with Gasteiger partial charge in [0.15, 0.2) is 0 Å². The molecule has 1 aromatic carbocycles. The Morgan fingerprint density at radius 2 is 1.74 bits per heavy atom. The number of fused-ring (bicyclic) bond motifs is 2. The number of hydrogen-bond acceptors (Lipinski definition) is 3. The lowest BCUT2D eigenvalue weighted by molar-refractivity contribution is -0.180. The number of halogens is 2. The Morgan fingerprint density at radius 1 is 1.09 bits per heavy atom. The molecule has 4 nitrogen and oxygen atoms in total. The van der Waals surface area contributed by atoms with Crippen molar-refractivity contribution >= 4 is 34.8 Å². The standard InChI is InChI=1S/C17H21Cl2NO3/c1-2-3-4-5-6-9-20-15-13(19)8-7-12(18)14(15)17(16(20)21)22-10-11-23-17/h7-8H,2-6,9-11H2,1H3. The molecule has 1 saturated heterocycles. The van der Waals surface area contributed by atoms with E-state index in [2.05, 4.69) is 6.92 Å². The summed E-state index contributed by atoms with van der Waals surface area (Å²) in [7, 11) is 0. The molecule has 1 fully saturated rings. The van der Waals surface area contributed by atoms with E-state index in [1.807, 2.05) is 0 Å². The highest BCUT2D eigenvalue weighted by atomic mass is 35.5. The lowest BCUT2D eigenvalue weighted by Gasteiger charge is -2.22. The van der Waals surface area contributed by atoms with Gasteiger partial charge in [0.2, 0.25) is 0 Å². The molecule has 126 valence electrons. The van der Waals surface area contributed by atoms with E-state index in [-0.39, 0.29) is 5.91 Å². The van der Waals surface area contributed by atoms with Crippen molar-refractivity contribution in [3.05, 3.63) is 27.7 Å². The number of anilines is 1. The second kappa shape index (κ2) is 6.98. The molecule has 0 atom stereocenters. The van der Waals surface area contributed by atoms with Gasteiger partial charge in [-0.25, -0.2) is 0 Å². The van der Waals surface area contributed by atoms with Crippen molar-refractivity contribution in [2.24, 2.45) is 0 Å². The Morgan fingerprint density at radius 3 is 2.43 bits per heavy atom. The predicted octanol–water partition coefficient (Wildman–Crippen LogP) is 4.51. The fourth-order valence-corrected chi connectivity index (χ4v) is 3.81. The highest BCUT2D eigenvalue weighted by molar-refractivity contribution is 6.38. The van der Waals surface area contributed by atoms with Gasteiger partial charge in [0.05, 0.1) is 34.5 Å². The third kappa shape index (κ3) is 2.86. The molecule has 1 amide bonds. The van der Waals surface area contributed by atoms with Crippen molar-refractivity contribution in [2.45, 2.75) is 44.8 Å². The van der Waals surface area contributed by atoms with E-state index in [4.69, 9.17) is 32.7 Å². The maximum atomic E-state index is 13.0. The van der Waals surface area contributed by atoms with Crippen LogP contribution in [0.3, 0.4) is 0 Å².